The molecule has 0 N–H and O–H groups in total. The first-order valence-corrected chi connectivity index (χ1v) is 12.0. The van der Waals surface area contributed by atoms with Crippen LogP contribution in [0, 0.1) is 0 Å². The van der Waals surface area contributed by atoms with Crippen LogP contribution in [0.3, 0.4) is 0 Å². The Hall–Kier alpha value is -3.45. The number of halogens is 1. The highest BCUT2D eigenvalue weighted by Gasteiger charge is 2.12. The molecule has 5 rings (SSSR count). The fourth-order valence-electron chi connectivity index (χ4n) is 3.93. The van der Waals surface area contributed by atoms with Gasteiger partial charge in [-0.3, -0.25) is 4.90 Å². The summed E-state index contributed by atoms with van der Waals surface area (Å²) in [6.07, 6.45) is 0. The van der Waals surface area contributed by atoms with Crippen molar-refractivity contribution in [2.24, 2.45) is 0 Å². The average molecular weight is 504 g/mol. The molecule has 1 aromatic heterocycles. The summed E-state index contributed by atoms with van der Waals surface area (Å²) in [4.78, 5) is 11.9. The SMILES string of the molecule is Cl.c1ccc(COc2cc(-c3ccccc3)nc(-c3ccc(OCCN4CCOCC4)cc3)n2)cc1. The van der Waals surface area contributed by atoms with Crippen molar-refractivity contribution in [1.29, 1.82) is 0 Å². The first kappa shape index (κ1) is 25.6. The van der Waals surface area contributed by atoms with E-state index in [0.29, 0.717) is 24.9 Å². The molecule has 0 aliphatic carbocycles. The number of benzene rings is 3. The number of aromatic nitrogens is 2. The van der Waals surface area contributed by atoms with Gasteiger partial charge in [-0.25, -0.2) is 4.98 Å². The molecule has 0 bridgehead atoms. The monoisotopic (exact) mass is 503 g/mol. The highest BCUT2D eigenvalue weighted by molar-refractivity contribution is 5.85. The zero-order valence-corrected chi connectivity index (χ0v) is 20.9. The highest BCUT2D eigenvalue weighted by Crippen LogP contribution is 2.27. The lowest BCUT2D eigenvalue weighted by Crippen LogP contribution is -2.38. The zero-order valence-electron chi connectivity index (χ0n) is 20.1. The maximum absolute atomic E-state index is 6.06. The first-order valence-electron chi connectivity index (χ1n) is 12.0. The molecule has 1 aliphatic rings. The number of hydrogen-bond donors (Lipinski definition) is 0. The van der Waals surface area contributed by atoms with Crippen LogP contribution in [0.15, 0.2) is 91.0 Å². The molecule has 3 aromatic carbocycles. The molecule has 0 spiro atoms. The summed E-state index contributed by atoms with van der Waals surface area (Å²) < 4.78 is 17.4. The lowest BCUT2D eigenvalue weighted by atomic mass is 10.1. The minimum atomic E-state index is 0. The molecule has 36 heavy (non-hydrogen) atoms. The molecule has 7 heteroatoms. The molecule has 1 fully saturated rings. The fourth-order valence-corrected chi connectivity index (χ4v) is 3.93. The molecule has 186 valence electrons. The van der Waals surface area contributed by atoms with Crippen LogP contribution in [0.25, 0.3) is 22.6 Å². The van der Waals surface area contributed by atoms with Crippen molar-refractivity contribution in [2.75, 3.05) is 39.5 Å². The Bertz CT molecular complexity index is 1200. The normalized spacial score (nSPS) is 13.6. The number of hydrogen-bond acceptors (Lipinski definition) is 6. The van der Waals surface area contributed by atoms with Crippen molar-refractivity contribution in [3.63, 3.8) is 0 Å². The number of morpholine rings is 1. The van der Waals surface area contributed by atoms with E-state index >= 15 is 0 Å². The Morgan fingerprint density at radius 1 is 0.750 bits per heavy atom. The van der Waals surface area contributed by atoms with E-state index in [1.165, 1.54) is 0 Å². The molecule has 4 aromatic rings. The third-order valence-electron chi connectivity index (χ3n) is 5.89. The van der Waals surface area contributed by atoms with Gasteiger partial charge in [0.15, 0.2) is 5.82 Å². The summed E-state index contributed by atoms with van der Waals surface area (Å²) in [6, 6.07) is 30.0. The molecule has 1 saturated heterocycles. The van der Waals surface area contributed by atoms with Gasteiger partial charge in [0.1, 0.15) is 19.0 Å². The number of ether oxygens (including phenoxy) is 3. The summed E-state index contributed by atoms with van der Waals surface area (Å²) in [5.74, 6) is 2.00. The van der Waals surface area contributed by atoms with Gasteiger partial charge in [0.2, 0.25) is 5.88 Å². The molecule has 0 radical (unpaired) electrons. The number of nitrogens with zero attached hydrogens (tertiary/aromatic N) is 3. The van der Waals surface area contributed by atoms with Crippen LogP contribution in [0.1, 0.15) is 5.56 Å². The van der Waals surface area contributed by atoms with E-state index < -0.39 is 0 Å². The van der Waals surface area contributed by atoms with Crippen LogP contribution in [-0.2, 0) is 11.3 Å². The highest BCUT2D eigenvalue weighted by atomic mass is 35.5. The van der Waals surface area contributed by atoms with Gasteiger partial charge in [-0.2, -0.15) is 4.98 Å². The molecule has 1 aliphatic heterocycles. The summed E-state index contributed by atoms with van der Waals surface area (Å²) in [5.41, 5.74) is 3.84. The van der Waals surface area contributed by atoms with Gasteiger partial charge in [-0.05, 0) is 29.8 Å². The summed E-state index contributed by atoms with van der Waals surface area (Å²) in [7, 11) is 0. The van der Waals surface area contributed by atoms with E-state index in [0.717, 1.165) is 61.0 Å². The largest absolute Gasteiger partial charge is 0.492 e. The molecular formula is C29H30ClN3O3. The maximum Gasteiger partial charge on any atom is 0.217 e. The van der Waals surface area contributed by atoms with Crippen molar-refractivity contribution in [3.8, 4) is 34.3 Å². The van der Waals surface area contributed by atoms with Crippen LogP contribution in [-0.4, -0.2) is 54.3 Å². The van der Waals surface area contributed by atoms with Gasteiger partial charge in [0, 0.05) is 36.8 Å². The van der Waals surface area contributed by atoms with Crippen LogP contribution in [0.5, 0.6) is 11.6 Å². The molecule has 0 saturated carbocycles. The van der Waals surface area contributed by atoms with Crippen molar-refractivity contribution in [2.45, 2.75) is 6.61 Å². The van der Waals surface area contributed by atoms with E-state index in [1.54, 1.807) is 0 Å². The third kappa shape index (κ3) is 7.04. The van der Waals surface area contributed by atoms with Crippen molar-refractivity contribution in [1.82, 2.24) is 14.9 Å². The van der Waals surface area contributed by atoms with E-state index in [1.807, 2.05) is 91.0 Å². The van der Waals surface area contributed by atoms with Gasteiger partial charge < -0.3 is 14.2 Å². The number of rotatable bonds is 9. The second kappa shape index (κ2) is 13.0. The fraction of sp³-hybridized carbons (Fsp3) is 0.241. The van der Waals surface area contributed by atoms with Crippen LogP contribution >= 0.6 is 12.4 Å². The average Bonchev–Trinajstić information content (AvgIpc) is 2.94. The molecule has 0 atom stereocenters. The van der Waals surface area contributed by atoms with Crippen molar-refractivity contribution < 1.29 is 14.2 Å². The Kier molecular flexibility index (Phi) is 9.27. The Balaban J connectivity index is 0.00000304. The van der Waals surface area contributed by atoms with Gasteiger partial charge in [-0.15, -0.1) is 12.4 Å². The molecule has 2 heterocycles. The van der Waals surface area contributed by atoms with Gasteiger partial charge in [-0.1, -0.05) is 60.7 Å². The lowest BCUT2D eigenvalue weighted by molar-refractivity contribution is 0.0322. The summed E-state index contributed by atoms with van der Waals surface area (Å²) in [5, 5.41) is 0. The molecule has 6 nitrogen and oxygen atoms in total. The van der Waals surface area contributed by atoms with Crippen molar-refractivity contribution in [3.05, 3.63) is 96.6 Å². The predicted octanol–water partition coefficient (Wildman–Crippen LogP) is 5.52. The van der Waals surface area contributed by atoms with Gasteiger partial charge >= 0.3 is 0 Å². The Labute approximate surface area is 218 Å². The van der Waals surface area contributed by atoms with Gasteiger partial charge in [0.05, 0.1) is 18.9 Å². The third-order valence-corrected chi connectivity index (χ3v) is 5.89. The first-order chi connectivity index (χ1) is 17.3. The lowest BCUT2D eigenvalue weighted by Gasteiger charge is -2.26. The standard InChI is InChI=1S/C29H29N3O3.ClH/c1-3-7-23(8-4-1)22-35-28-21-27(24-9-5-2-6-10-24)30-29(31-28)25-11-13-26(14-12-25)34-20-17-32-15-18-33-19-16-32;/h1-14,21H,15-20,22H2;1H. The van der Waals surface area contributed by atoms with E-state index in [2.05, 4.69) is 4.90 Å². The maximum atomic E-state index is 6.06. The smallest absolute Gasteiger partial charge is 0.217 e. The molecule has 0 amide bonds. The quantitative estimate of drug-likeness (QED) is 0.299. The molecule has 0 unspecified atom stereocenters. The van der Waals surface area contributed by atoms with E-state index in [-0.39, 0.29) is 12.4 Å². The van der Waals surface area contributed by atoms with E-state index in [4.69, 9.17) is 24.2 Å². The Morgan fingerprint density at radius 2 is 1.44 bits per heavy atom. The summed E-state index contributed by atoms with van der Waals surface area (Å²) in [6.45, 7) is 5.52. The topological polar surface area (TPSA) is 56.7 Å². The van der Waals surface area contributed by atoms with E-state index in [9.17, 15) is 0 Å². The van der Waals surface area contributed by atoms with Gasteiger partial charge in [0.25, 0.3) is 0 Å². The van der Waals surface area contributed by atoms with Crippen molar-refractivity contribution >= 4 is 12.4 Å². The van der Waals surface area contributed by atoms with Crippen LogP contribution in [0.2, 0.25) is 0 Å². The summed E-state index contributed by atoms with van der Waals surface area (Å²) >= 11 is 0. The minimum absolute atomic E-state index is 0. The second-order valence-electron chi connectivity index (χ2n) is 8.38. The second-order valence-corrected chi connectivity index (χ2v) is 8.38. The van der Waals surface area contributed by atoms with Crippen LogP contribution in [0.4, 0.5) is 0 Å². The minimum Gasteiger partial charge on any atom is -0.492 e. The molecular weight excluding hydrogens is 474 g/mol. The Morgan fingerprint density at radius 3 is 2.17 bits per heavy atom. The van der Waals surface area contributed by atoms with Crippen LogP contribution < -0.4 is 9.47 Å². The zero-order chi connectivity index (χ0) is 23.7. The predicted molar refractivity (Wildman–Crippen MR) is 144 cm³/mol.